The molecule has 8 heteroatoms. The zero-order valence-corrected chi connectivity index (χ0v) is 11.9. The first-order chi connectivity index (χ1) is 10.7. The van der Waals surface area contributed by atoms with E-state index in [4.69, 9.17) is 13.7 Å². The molecule has 112 valence electrons. The minimum absolute atomic E-state index is 0.0172. The molecule has 1 amide bonds. The van der Waals surface area contributed by atoms with Crippen LogP contribution in [-0.2, 0) is 0 Å². The van der Waals surface area contributed by atoms with E-state index in [-0.39, 0.29) is 17.6 Å². The molecule has 0 aliphatic rings. The van der Waals surface area contributed by atoms with E-state index in [1.807, 2.05) is 0 Å². The van der Waals surface area contributed by atoms with Crippen molar-refractivity contribution in [3.05, 3.63) is 41.8 Å². The standard InChI is InChI=1S/C14H12N4O4/c1-8-7-11(18-22-8)12(19)15-14-17-16-13(21-14)9-3-5-10(20-2)6-4-9/h3-7H,1-2H3,(H,15,17,19). The SMILES string of the molecule is COc1ccc(-c2nnc(NC(=O)c3cc(C)on3)o2)cc1. The number of hydrogen-bond donors (Lipinski definition) is 1. The number of carbonyl (C=O) groups excluding carboxylic acids is 1. The lowest BCUT2D eigenvalue weighted by atomic mass is 10.2. The van der Waals surface area contributed by atoms with Crippen LogP contribution >= 0.6 is 0 Å². The van der Waals surface area contributed by atoms with Gasteiger partial charge >= 0.3 is 6.01 Å². The van der Waals surface area contributed by atoms with Gasteiger partial charge < -0.3 is 13.7 Å². The number of anilines is 1. The molecule has 0 aliphatic carbocycles. The summed E-state index contributed by atoms with van der Waals surface area (Å²) in [7, 11) is 1.58. The number of amides is 1. The van der Waals surface area contributed by atoms with E-state index in [0.29, 0.717) is 11.3 Å². The van der Waals surface area contributed by atoms with Crippen molar-refractivity contribution >= 4 is 11.9 Å². The van der Waals surface area contributed by atoms with Crippen molar-refractivity contribution in [3.8, 4) is 17.2 Å². The molecule has 1 aromatic carbocycles. The van der Waals surface area contributed by atoms with E-state index in [1.54, 1.807) is 38.3 Å². The summed E-state index contributed by atoms with van der Waals surface area (Å²) < 4.78 is 15.3. The van der Waals surface area contributed by atoms with Crippen LogP contribution in [-0.4, -0.2) is 28.4 Å². The second-order valence-corrected chi connectivity index (χ2v) is 4.42. The van der Waals surface area contributed by atoms with Crippen molar-refractivity contribution < 1.29 is 18.5 Å². The van der Waals surface area contributed by atoms with E-state index < -0.39 is 5.91 Å². The number of aryl methyl sites for hydroxylation is 1. The quantitative estimate of drug-likeness (QED) is 0.788. The highest BCUT2D eigenvalue weighted by Gasteiger charge is 2.15. The molecule has 0 radical (unpaired) electrons. The summed E-state index contributed by atoms with van der Waals surface area (Å²) in [6, 6.07) is 8.59. The number of hydrogen-bond acceptors (Lipinski definition) is 7. The Morgan fingerprint density at radius 1 is 1.23 bits per heavy atom. The zero-order valence-electron chi connectivity index (χ0n) is 11.9. The van der Waals surface area contributed by atoms with Crippen molar-refractivity contribution in [1.29, 1.82) is 0 Å². The van der Waals surface area contributed by atoms with Gasteiger partial charge in [-0.1, -0.05) is 10.3 Å². The van der Waals surface area contributed by atoms with Crippen LogP contribution in [0.25, 0.3) is 11.5 Å². The normalized spacial score (nSPS) is 10.5. The monoisotopic (exact) mass is 300 g/mol. The lowest BCUT2D eigenvalue weighted by molar-refractivity contribution is 0.101. The Bertz CT molecular complexity index is 791. The largest absolute Gasteiger partial charge is 0.497 e. The second kappa shape index (κ2) is 5.68. The summed E-state index contributed by atoms with van der Waals surface area (Å²) in [5, 5.41) is 13.7. The number of aromatic nitrogens is 3. The number of nitrogens with zero attached hydrogens (tertiary/aromatic N) is 3. The topological polar surface area (TPSA) is 103 Å². The van der Waals surface area contributed by atoms with Gasteiger partial charge in [0.25, 0.3) is 5.91 Å². The first-order valence-corrected chi connectivity index (χ1v) is 6.38. The van der Waals surface area contributed by atoms with Gasteiger partial charge in [0.05, 0.1) is 7.11 Å². The molecule has 2 heterocycles. The summed E-state index contributed by atoms with van der Waals surface area (Å²) in [6.07, 6.45) is 0. The van der Waals surface area contributed by atoms with Crippen LogP contribution in [0.2, 0.25) is 0 Å². The third-order valence-electron chi connectivity index (χ3n) is 2.84. The molecule has 0 aliphatic heterocycles. The lowest BCUT2D eigenvalue weighted by Crippen LogP contribution is -2.12. The Morgan fingerprint density at radius 2 is 2.00 bits per heavy atom. The summed E-state index contributed by atoms with van der Waals surface area (Å²) in [5.74, 6) is 1.06. The van der Waals surface area contributed by atoms with Crippen LogP contribution < -0.4 is 10.1 Å². The molecule has 3 rings (SSSR count). The molecule has 22 heavy (non-hydrogen) atoms. The van der Waals surface area contributed by atoms with Crippen molar-refractivity contribution in [1.82, 2.24) is 15.4 Å². The van der Waals surface area contributed by atoms with Gasteiger partial charge in [-0.25, -0.2) is 0 Å². The van der Waals surface area contributed by atoms with Crippen LogP contribution in [0.5, 0.6) is 5.75 Å². The van der Waals surface area contributed by atoms with Crippen LogP contribution in [0.4, 0.5) is 6.01 Å². The molecule has 0 atom stereocenters. The van der Waals surface area contributed by atoms with Crippen molar-refractivity contribution in [2.75, 3.05) is 12.4 Å². The van der Waals surface area contributed by atoms with Gasteiger partial charge in [0, 0.05) is 11.6 Å². The fraction of sp³-hybridized carbons (Fsp3) is 0.143. The minimum Gasteiger partial charge on any atom is -0.497 e. The Kier molecular flexibility index (Phi) is 3.57. The highest BCUT2D eigenvalue weighted by Crippen LogP contribution is 2.22. The van der Waals surface area contributed by atoms with Gasteiger partial charge in [-0.3, -0.25) is 10.1 Å². The number of carbonyl (C=O) groups is 1. The smallest absolute Gasteiger partial charge is 0.322 e. The molecular formula is C14H12N4O4. The fourth-order valence-corrected chi connectivity index (χ4v) is 1.76. The molecule has 0 spiro atoms. The fourth-order valence-electron chi connectivity index (χ4n) is 1.76. The first-order valence-electron chi connectivity index (χ1n) is 6.38. The predicted octanol–water partition coefficient (Wildman–Crippen LogP) is 2.29. The highest BCUT2D eigenvalue weighted by molar-refractivity contribution is 6.01. The summed E-state index contributed by atoms with van der Waals surface area (Å²) >= 11 is 0. The van der Waals surface area contributed by atoms with E-state index in [1.165, 1.54) is 6.07 Å². The third kappa shape index (κ3) is 2.80. The van der Waals surface area contributed by atoms with E-state index in [2.05, 4.69) is 20.7 Å². The molecule has 0 unspecified atom stereocenters. The number of benzene rings is 1. The van der Waals surface area contributed by atoms with Crippen LogP contribution in [0, 0.1) is 6.92 Å². The average Bonchev–Trinajstić information content (AvgIpc) is 3.16. The van der Waals surface area contributed by atoms with E-state index in [0.717, 1.165) is 5.75 Å². The molecule has 0 saturated heterocycles. The average molecular weight is 300 g/mol. The molecule has 2 aromatic heterocycles. The van der Waals surface area contributed by atoms with Crippen molar-refractivity contribution in [2.45, 2.75) is 6.92 Å². The Morgan fingerprint density at radius 3 is 2.64 bits per heavy atom. The molecule has 8 nitrogen and oxygen atoms in total. The maximum atomic E-state index is 11.9. The van der Waals surface area contributed by atoms with Gasteiger partial charge in [0.1, 0.15) is 11.5 Å². The zero-order chi connectivity index (χ0) is 15.5. The number of ether oxygens (including phenoxy) is 1. The van der Waals surface area contributed by atoms with Crippen LogP contribution in [0.3, 0.4) is 0 Å². The summed E-state index contributed by atoms with van der Waals surface area (Å²) in [4.78, 5) is 11.9. The summed E-state index contributed by atoms with van der Waals surface area (Å²) in [6.45, 7) is 1.69. The minimum atomic E-state index is -0.484. The van der Waals surface area contributed by atoms with Gasteiger partial charge in [-0.15, -0.1) is 5.10 Å². The van der Waals surface area contributed by atoms with Crippen LogP contribution in [0.1, 0.15) is 16.2 Å². The number of methoxy groups -OCH3 is 1. The second-order valence-electron chi connectivity index (χ2n) is 4.42. The third-order valence-corrected chi connectivity index (χ3v) is 2.84. The van der Waals surface area contributed by atoms with Crippen molar-refractivity contribution in [3.63, 3.8) is 0 Å². The Balaban J connectivity index is 1.74. The molecule has 3 aromatic rings. The number of nitrogens with one attached hydrogen (secondary N) is 1. The van der Waals surface area contributed by atoms with Gasteiger partial charge in [0.15, 0.2) is 5.69 Å². The molecule has 1 N–H and O–H groups in total. The maximum absolute atomic E-state index is 11.9. The summed E-state index contributed by atoms with van der Waals surface area (Å²) in [5.41, 5.74) is 0.854. The van der Waals surface area contributed by atoms with Gasteiger partial charge in [-0.2, -0.15) is 0 Å². The van der Waals surface area contributed by atoms with Gasteiger partial charge in [-0.05, 0) is 31.2 Å². The van der Waals surface area contributed by atoms with E-state index in [9.17, 15) is 4.79 Å². The Hall–Kier alpha value is -3.16. The highest BCUT2D eigenvalue weighted by atomic mass is 16.5. The molecule has 0 saturated carbocycles. The van der Waals surface area contributed by atoms with Crippen LogP contribution in [0.15, 0.2) is 39.3 Å². The first kappa shape index (κ1) is 13.8. The molecule has 0 fully saturated rings. The number of rotatable bonds is 4. The van der Waals surface area contributed by atoms with Gasteiger partial charge in [0.2, 0.25) is 5.89 Å². The molecular weight excluding hydrogens is 288 g/mol. The van der Waals surface area contributed by atoms with Crippen molar-refractivity contribution in [2.24, 2.45) is 0 Å². The maximum Gasteiger partial charge on any atom is 0.322 e. The predicted molar refractivity (Wildman–Crippen MR) is 75.5 cm³/mol. The lowest BCUT2D eigenvalue weighted by Gasteiger charge is -1.99. The van der Waals surface area contributed by atoms with E-state index >= 15 is 0 Å². The molecule has 0 bridgehead atoms. The Labute approximate surface area is 125 Å².